The van der Waals surface area contributed by atoms with Crippen LogP contribution in [0.5, 0.6) is 5.75 Å². The van der Waals surface area contributed by atoms with Gasteiger partial charge in [0, 0.05) is 5.02 Å². The molecule has 1 aromatic carbocycles. The molecule has 0 atom stereocenters. The number of nitrogens with two attached hydrogens (primary N) is 1. The molecule has 0 fully saturated rings. The smallest absolute Gasteiger partial charge is 0.146 e. The second kappa shape index (κ2) is 5.25. The van der Waals surface area contributed by atoms with Gasteiger partial charge >= 0.3 is 0 Å². The first-order chi connectivity index (χ1) is 8.19. The molecule has 0 bridgehead atoms. The third-order valence-corrected chi connectivity index (χ3v) is 2.67. The van der Waals surface area contributed by atoms with E-state index in [0.717, 1.165) is 22.8 Å². The van der Waals surface area contributed by atoms with Gasteiger partial charge in [0.15, 0.2) is 0 Å². The second-order valence-corrected chi connectivity index (χ2v) is 4.21. The number of furan rings is 1. The first-order valence-electron chi connectivity index (χ1n) is 5.35. The molecule has 90 valence electrons. The van der Waals surface area contributed by atoms with Gasteiger partial charge in [0.05, 0.1) is 6.54 Å². The van der Waals surface area contributed by atoms with Gasteiger partial charge in [-0.1, -0.05) is 17.7 Å². The summed E-state index contributed by atoms with van der Waals surface area (Å²) >= 11 is 5.86. The van der Waals surface area contributed by atoms with Gasteiger partial charge in [0.2, 0.25) is 0 Å². The van der Waals surface area contributed by atoms with Crippen LogP contribution in [0.4, 0.5) is 0 Å². The number of hydrogen-bond donors (Lipinski definition) is 1. The maximum atomic E-state index is 5.86. The first kappa shape index (κ1) is 12.0. The van der Waals surface area contributed by atoms with E-state index in [1.807, 2.05) is 25.1 Å². The van der Waals surface area contributed by atoms with Gasteiger partial charge < -0.3 is 14.9 Å². The Labute approximate surface area is 105 Å². The van der Waals surface area contributed by atoms with E-state index in [1.165, 1.54) is 0 Å². The van der Waals surface area contributed by atoms with E-state index in [-0.39, 0.29) is 0 Å². The van der Waals surface area contributed by atoms with Crippen LogP contribution in [0.3, 0.4) is 0 Å². The lowest BCUT2D eigenvalue weighted by Crippen LogP contribution is -1.96. The van der Waals surface area contributed by atoms with Crippen LogP contribution in [-0.2, 0) is 13.2 Å². The van der Waals surface area contributed by atoms with Gasteiger partial charge in [-0.25, -0.2) is 0 Å². The molecule has 0 saturated heterocycles. The summed E-state index contributed by atoms with van der Waals surface area (Å²) in [4.78, 5) is 0. The highest BCUT2D eigenvalue weighted by Crippen LogP contribution is 2.20. The molecule has 0 radical (unpaired) electrons. The fourth-order valence-corrected chi connectivity index (χ4v) is 1.76. The number of rotatable bonds is 4. The first-order valence-corrected chi connectivity index (χ1v) is 5.73. The molecule has 4 heteroatoms. The van der Waals surface area contributed by atoms with Gasteiger partial charge in [-0.2, -0.15) is 0 Å². The van der Waals surface area contributed by atoms with E-state index < -0.39 is 0 Å². The minimum atomic E-state index is 0.376. The van der Waals surface area contributed by atoms with Crippen LogP contribution < -0.4 is 10.5 Å². The molecule has 0 aliphatic heterocycles. The Bertz CT molecular complexity index is 508. The average Bonchev–Trinajstić information content (AvgIpc) is 2.67. The van der Waals surface area contributed by atoms with E-state index >= 15 is 0 Å². The summed E-state index contributed by atoms with van der Waals surface area (Å²) in [6, 6.07) is 9.20. The number of ether oxygens (including phenoxy) is 1. The Morgan fingerprint density at radius 1 is 1.35 bits per heavy atom. The molecular formula is C13H14ClNO2. The normalized spacial score (nSPS) is 10.5. The zero-order valence-electron chi connectivity index (χ0n) is 9.57. The lowest BCUT2D eigenvalue weighted by Gasteiger charge is -2.03. The minimum Gasteiger partial charge on any atom is -0.486 e. The van der Waals surface area contributed by atoms with E-state index in [1.54, 1.807) is 12.1 Å². The molecule has 1 heterocycles. The molecule has 0 aliphatic carbocycles. The van der Waals surface area contributed by atoms with Crippen LogP contribution in [0.25, 0.3) is 0 Å². The van der Waals surface area contributed by atoms with Crippen LogP contribution in [0.2, 0.25) is 5.02 Å². The van der Waals surface area contributed by atoms with Crippen molar-refractivity contribution in [1.82, 2.24) is 0 Å². The predicted molar refractivity (Wildman–Crippen MR) is 67.1 cm³/mol. The fraction of sp³-hybridized carbons (Fsp3) is 0.231. The van der Waals surface area contributed by atoms with Crippen molar-refractivity contribution in [2.24, 2.45) is 5.73 Å². The number of benzene rings is 1. The largest absolute Gasteiger partial charge is 0.486 e. The summed E-state index contributed by atoms with van der Waals surface area (Å²) in [5.41, 5.74) is 6.59. The predicted octanol–water partition coefficient (Wildman–Crippen LogP) is 3.28. The highest BCUT2D eigenvalue weighted by molar-refractivity contribution is 6.30. The molecule has 2 rings (SSSR count). The SMILES string of the molecule is Cc1cc(COc2cccc(Cl)c2)oc1CN. The molecule has 0 saturated carbocycles. The Hall–Kier alpha value is -1.45. The van der Waals surface area contributed by atoms with Gasteiger partial charge in [-0.05, 0) is 36.8 Å². The van der Waals surface area contributed by atoms with Crippen molar-refractivity contribution >= 4 is 11.6 Å². The molecule has 2 N–H and O–H groups in total. The summed E-state index contributed by atoms with van der Waals surface area (Å²) in [5, 5.41) is 0.653. The summed E-state index contributed by atoms with van der Waals surface area (Å²) in [7, 11) is 0. The maximum absolute atomic E-state index is 5.86. The Kier molecular flexibility index (Phi) is 3.71. The van der Waals surface area contributed by atoms with Gasteiger partial charge in [-0.15, -0.1) is 0 Å². The van der Waals surface area contributed by atoms with Crippen LogP contribution >= 0.6 is 11.6 Å². The lowest BCUT2D eigenvalue weighted by atomic mass is 10.2. The standard InChI is InChI=1S/C13H14ClNO2/c1-9-5-12(17-13(9)7-15)8-16-11-4-2-3-10(14)6-11/h2-6H,7-8,15H2,1H3. The highest BCUT2D eigenvalue weighted by atomic mass is 35.5. The molecule has 17 heavy (non-hydrogen) atoms. The molecule has 0 unspecified atom stereocenters. The number of hydrogen-bond acceptors (Lipinski definition) is 3. The molecule has 0 spiro atoms. The van der Waals surface area contributed by atoms with Crippen molar-refractivity contribution in [1.29, 1.82) is 0 Å². The van der Waals surface area contributed by atoms with E-state index in [9.17, 15) is 0 Å². The number of halogens is 1. The van der Waals surface area contributed by atoms with Crippen molar-refractivity contribution in [3.8, 4) is 5.75 Å². The third kappa shape index (κ3) is 3.02. The molecule has 3 nitrogen and oxygen atoms in total. The molecule has 0 aliphatic rings. The summed E-state index contributed by atoms with van der Waals surface area (Å²) in [6.45, 7) is 2.75. The summed E-state index contributed by atoms with van der Waals surface area (Å²) in [6.07, 6.45) is 0. The Morgan fingerprint density at radius 3 is 2.82 bits per heavy atom. The molecule has 1 aromatic heterocycles. The number of aryl methyl sites for hydroxylation is 1. The van der Waals surface area contributed by atoms with Crippen molar-refractivity contribution in [2.75, 3.05) is 0 Å². The van der Waals surface area contributed by atoms with Crippen LogP contribution in [0.15, 0.2) is 34.7 Å². The molecular weight excluding hydrogens is 238 g/mol. The second-order valence-electron chi connectivity index (χ2n) is 3.77. The summed E-state index contributed by atoms with van der Waals surface area (Å²) in [5.74, 6) is 2.29. The topological polar surface area (TPSA) is 48.4 Å². The van der Waals surface area contributed by atoms with Gasteiger partial charge in [-0.3, -0.25) is 0 Å². The van der Waals surface area contributed by atoms with Gasteiger partial charge in [0.1, 0.15) is 23.9 Å². The molecule has 0 amide bonds. The lowest BCUT2D eigenvalue weighted by molar-refractivity contribution is 0.266. The van der Waals surface area contributed by atoms with Crippen molar-refractivity contribution in [3.05, 3.63) is 52.4 Å². The summed E-state index contributed by atoms with van der Waals surface area (Å²) < 4.78 is 11.1. The van der Waals surface area contributed by atoms with Crippen molar-refractivity contribution in [3.63, 3.8) is 0 Å². The Balaban J connectivity index is 2.02. The van der Waals surface area contributed by atoms with Crippen LogP contribution in [-0.4, -0.2) is 0 Å². The maximum Gasteiger partial charge on any atom is 0.146 e. The van der Waals surface area contributed by atoms with Gasteiger partial charge in [0.25, 0.3) is 0 Å². The monoisotopic (exact) mass is 251 g/mol. The van der Waals surface area contributed by atoms with E-state index in [0.29, 0.717) is 18.2 Å². The third-order valence-electron chi connectivity index (χ3n) is 2.43. The van der Waals surface area contributed by atoms with E-state index in [4.69, 9.17) is 26.5 Å². The highest BCUT2D eigenvalue weighted by Gasteiger charge is 2.06. The van der Waals surface area contributed by atoms with E-state index in [2.05, 4.69) is 0 Å². The Morgan fingerprint density at radius 2 is 2.18 bits per heavy atom. The molecule has 2 aromatic rings. The quantitative estimate of drug-likeness (QED) is 0.907. The zero-order chi connectivity index (χ0) is 12.3. The van der Waals surface area contributed by atoms with Crippen LogP contribution in [0.1, 0.15) is 17.1 Å². The van der Waals surface area contributed by atoms with Crippen molar-refractivity contribution in [2.45, 2.75) is 20.1 Å². The van der Waals surface area contributed by atoms with Crippen LogP contribution in [0, 0.1) is 6.92 Å². The zero-order valence-corrected chi connectivity index (χ0v) is 10.3. The van der Waals surface area contributed by atoms with Crippen molar-refractivity contribution < 1.29 is 9.15 Å². The fourth-order valence-electron chi connectivity index (χ4n) is 1.58. The minimum absolute atomic E-state index is 0.376. The average molecular weight is 252 g/mol.